The zero-order chi connectivity index (χ0) is 12.8. The average molecular weight is 245 g/mol. The van der Waals surface area contributed by atoms with Crippen molar-refractivity contribution in [2.24, 2.45) is 7.05 Å². The summed E-state index contributed by atoms with van der Waals surface area (Å²) in [6.07, 6.45) is -3.26. The molecule has 0 aliphatic rings. The van der Waals surface area contributed by atoms with Gasteiger partial charge in [-0.05, 0) is 13.0 Å². The first-order chi connectivity index (χ1) is 7.80. The Kier molecular flexibility index (Phi) is 2.37. The summed E-state index contributed by atoms with van der Waals surface area (Å²) in [7, 11) is 1.59. The highest BCUT2D eigenvalue weighted by molar-refractivity contribution is 5.56. The number of alkyl halides is 3. The van der Waals surface area contributed by atoms with E-state index in [1.54, 1.807) is 14.0 Å². The average Bonchev–Trinajstić information content (AvgIpc) is 2.73. The number of aryl methyl sites for hydroxylation is 2. The molecule has 0 aromatic carbocycles. The molecular formula is C9H10F3N5. The first kappa shape index (κ1) is 11.5. The van der Waals surface area contributed by atoms with Gasteiger partial charge in [0.25, 0.3) is 0 Å². The molecule has 0 bridgehead atoms. The summed E-state index contributed by atoms with van der Waals surface area (Å²) in [5, 5.41) is 7.45. The topological polar surface area (TPSA) is 61.7 Å². The second-order valence-corrected chi connectivity index (χ2v) is 3.59. The molecule has 2 aromatic rings. The molecule has 0 saturated heterocycles. The lowest BCUT2D eigenvalue weighted by atomic mass is 10.4. The van der Waals surface area contributed by atoms with E-state index in [0.29, 0.717) is 17.2 Å². The molecule has 2 rings (SSSR count). The number of halogens is 3. The number of aromatic nitrogens is 4. The van der Waals surface area contributed by atoms with Crippen molar-refractivity contribution in [3.05, 3.63) is 23.7 Å². The fourth-order valence-electron chi connectivity index (χ4n) is 1.53. The molecule has 0 spiro atoms. The number of hydrogen-bond acceptors (Lipinski definition) is 3. The number of nitrogens with zero attached hydrogens (tertiary/aromatic N) is 4. The maximum atomic E-state index is 12.4. The molecule has 0 aliphatic carbocycles. The van der Waals surface area contributed by atoms with Gasteiger partial charge >= 0.3 is 6.18 Å². The van der Waals surface area contributed by atoms with E-state index >= 15 is 0 Å². The van der Waals surface area contributed by atoms with Gasteiger partial charge in [0.05, 0.1) is 11.4 Å². The van der Waals surface area contributed by atoms with Gasteiger partial charge in [-0.2, -0.15) is 23.4 Å². The molecule has 8 heteroatoms. The van der Waals surface area contributed by atoms with Crippen LogP contribution in [0.1, 0.15) is 11.4 Å². The molecule has 17 heavy (non-hydrogen) atoms. The summed E-state index contributed by atoms with van der Waals surface area (Å²) >= 11 is 0. The van der Waals surface area contributed by atoms with Crippen LogP contribution < -0.4 is 5.73 Å². The van der Waals surface area contributed by atoms with Gasteiger partial charge in [-0.25, -0.2) is 9.36 Å². The predicted molar refractivity (Wildman–Crippen MR) is 54.5 cm³/mol. The van der Waals surface area contributed by atoms with Crippen LogP contribution in [-0.4, -0.2) is 19.6 Å². The van der Waals surface area contributed by atoms with E-state index < -0.39 is 11.9 Å². The third kappa shape index (κ3) is 1.85. The first-order valence-corrected chi connectivity index (χ1v) is 4.73. The fourth-order valence-corrected chi connectivity index (χ4v) is 1.53. The minimum atomic E-state index is -4.46. The summed E-state index contributed by atoms with van der Waals surface area (Å²) < 4.78 is 39.6. The van der Waals surface area contributed by atoms with Crippen molar-refractivity contribution in [3.63, 3.8) is 0 Å². The zero-order valence-electron chi connectivity index (χ0n) is 9.15. The zero-order valence-corrected chi connectivity index (χ0v) is 9.15. The Morgan fingerprint density at radius 2 is 1.94 bits per heavy atom. The van der Waals surface area contributed by atoms with Gasteiger partial charge in [0, 0.05) is 13.2 Å². The highest BCUT2D eigenvalue weighted by Crippen LogP contribution is 2.28. The van der Waals surface area contributed by atoms with Crippen LogP contribution in [0.2, 0.25) is 0 Å². The van der Waals surface area contributed by atoms with E-state index in [-0.39, 0.29) is 0 Å². The summed E-state index contributed by atoms with van der Waals surface area (Å²) in [4.78, 5) is 0. The molecule has 0 radical (unpaired) electrons. The fraction of sp³-hybridized carbons (Fsp3) is 0.333. The van der Waals surface area contributed by atoms with Crippen LogP contribution >= 0.6 is 0 Å². The molecule has 2 N–H and O–H groups in total. The van der Waals surface area contributed by atoms with E-state index in [1.807, 2.05) is 0 Å². The molecule has 2 aromatic heterocycles. The van der Waals surface area contributed by atoms with Gasteiger partial charge in [0.15, 0.2) is 11.5 Å². The first-order valence-electron chi connectivity index (χ1n) is 4.73. The Labute approximate surface area is 94.6 Å². The van der Waals surface area contributed by atoms with E-state index in [0.717, 1.165) is 10.7 Å². The van der Waals surface area contributed by atoms with Crippen LogP contribution in [0.3, 0.4) is 0 Å². The minimum Gasteiger partial charge on any atom is -0.394 e. The molecule has 0 atom stereocenters. The van der Waals surface area contributed by atoms with Crippen LogP contribution in [0.25, 0.3) is 5.82 Å². The Morgan fingerprint density at radius 3 is 2.35 bits per heavy atom. The quantitative estimate of drug-likeness (QED) is 0.828. The van der Waals surface area contributed by atoms with Gasteiger partial charge in [0.2, 0.25) is 0 Å². The summed E-state index contributed by atoms with van der Waals surface area (Å²) in [6.45, 7) is 1.67. The second kappa shape index (κ2) is 3.51. The molecule has 0 fully saturated rings. The van der Waals surface area contributed by atoms with Crippen LogP contribution in [0.4, 0.5) is 18.9 Å². The summed E-state index contributed by atoms with van der Waals surface area (Å²) in [5.41, 5.74) is 5.62. The molecule has 2 heterocycles. The van der Waals surface area contributed by atoms with Crippen LogP contribution in [0, 0.1) is 6.92 Å². The molecule has 0 saturated carbocycles. The minimum absolute atomic E-state index is 0.310. The maximum Gasteiger partial charge on any atom is 0.435 e. The van der Waals surface area contributed by atoms with Crippen LogP contribution in [0.5, 0.6) is 0 Å². The number of nitrogens with two attached hydrogens (primary N) is 1. The molecule has 0 unspecified atom stereocenters. The second-order valence-electron chi connectivity index (χ2n) is 3.59. The van der Waals surface area contributed by atoms with Gasteiger partial charge in [-0.1, -0.05) is 0 Å². The van der Waals surface area contributed by atoms with Crippen molar-refractivity contribution in [1.29, 1.82) is 0 Å². The van der Waals surface area contributed by atoms with Crippen LogP contribution in [-0.2, 0) is 13.2 Å². The molecule has 92 valence electrons. The van der Waals surface area contributed by atoms with Gasteiger partial charge in [-0.3, -0.25) is 0 Å². The van der Waals surface area contributed by atoms with E-state index in [4.69, 9.17) is 5.73 Å². The molecule has 5 nitrogen and oxygen atoms in total. The number of rotatable bonds is 1. The predicted octanol–water partition coefficient (Wildman–Crippen LogP) is 1.52. The van der Waals surface area contributed by atoms with E-state index in [2.05, 4.69) is 10.2 Å². The van der Waals surface area contributed by atoms with Gasteiger partial charge in [-0.15, -0.1) is 0 Å². The normalized spacial score (nSPS) is 12.1. The Morgan fingerprint density at radius 1 is 1.29 bits per heavy atom. The maximum absolute atomic E-state index is 12.4. The monoisotopic (exact) mass is 245 g/mol. The van der Waals surface area contributed by atoms with Crippen LogP contribution in [0.15, 0.2) is 12.3 Å². The Bertz CT molecular complexity index is 551. The summed E-state index contributed by atoms with van der Waals surface area (Å²) in [6, 6.07) is 0.891. The lowest BCUT2D eigenvalue weighted by Crippen LogP contribution is -2.10. The highest BCUT2D eigenvalue weighted by atomic mass is 19.4. The standard InChI is InChI=1S/C9H10F3N5/c1-5-7(13)8(16(2)14-5)17-4-3-6(15-17)9(10,11)12/h3-4H,13H2,1-2H3. The third-order valence-corrected chi connectivity index (χ3v) is 2.33. The SMILES string of the molecule is Cc1nn(C)c(-n2ccc(C(F)(F)F)n2)c1N. The van der Waals surface area contributed by atoms with Crippen molar-refractivity contribution in [2.75, 3.05) is 5.73 Å². The Hall–Kier alpha value is -1.99. The lowest BCUT2D eigenvalue weighted by Gasteiger charge is -2.04. The largest absolute Gasteiger partial charge is 0.435 e. The number of anilines is 1. The summed E-state index contributed by atoms with van der Waals surface area (Å²) in [5.74, 6) is 0.318. The third-order valence-electron chi connectivity index (χ3n) is 2.33. The number of hydrogen-bond donors (Lipinski definition) is 1. The molecule has 0 aliphatic heterocycles. The van der Waals surface area contributed by atoms with Gasteiger partial charge in [0.1, 0.15) is 0 Å². The lowest BCUT2D eigenvalue weighted by molar-refractivity contribution is -0.141. The van der Waals surface area contributed by atoms with Crippen molar-refractivity contribution in [3.8, 4) is 5.82 Å². The van der Waals surface area contributed by atoms with Crippen molar-refractivity contribution >= 4 is 5.69 Å². The van der Waals surface area contributed by atoms with Crippen molar-refractivity contribution in [2.45, 2.75) is 13.1 Å². The van der Waals surface area contributed by atoms with E-state index in [1.165, 1.54) is 10.9 Å². The van der Waals surface area contributed by atoms with Crippen molar-refractivity contribution < 1.29 is 13.2 Å². The van der Waals surface area contributed by atoms with E-state index in [9.17, 15) is 13.2 Å². The molecular weight excluding hydrogens is 235 g/mol. The molecule has 0 amide bonds. The highest BCUT2D eigenvalue weighted by Gasteiger charge is 2.34. The number of nitrogen functional groups attached to an aromatic ring is 1. The van der Waals surface area contributed by atoms with Crippen molar-refractivity contribution in [1.82, 2.24) is 19.6 Å². The smallest absolute Gasteiger partial charge is 0.394 e. The van der Waals surface area contributed by atoms with Gasteiger partial charge < -0.3 is 5.73 Å². The Balaban J connectivity index is 2.51.